The minimum Gasteiger partial charge on any atom is -0.399 e. The van der Waals surface area contributed by atoms with Gasteiger partial charge >= 0.3 is 0 Å². The Morgan fingerprint density at radius 3 is 2.54 bits per heavy atom. The predicted octanol–water partition coefficient (Wildman–Crippen LogP) is 3.17. The van der Waals surface area contributed by atoms with Gasteiger partial charge in [-0.25, -0.2) is 0 Å². The van der Waals surface area contributed by atoms with Gasteiger partial charge in [-0.2, -0.15) is 0 Å². The van der Waals surface area contributed by atoms with Crippen molar-refractivity contribution in [2.24, 2.45) is 11.7 Å². The summed E-state index contributed by atoms with van der Waals surface area (Å²) >= 11 is 0. The van der Waals surface area contributed by atoms with Crippen LogP contribution in [0.15, 0.2) is 48.7 Å². The van der Waals surface area contributed by atoms with Crippen molar-refractivity contribution in [2.45, 2.75) is 20.3 Å². The second kappa shape index (κ2) is 6.30. The van der Waals surface area contributed by atoms with Gasteiger partial charge in [-0.1, -0.05) is 57.7 Å². The van der Waals surface area contributed by atoms with E-state index < -0.39 is 0 Å². The Kier molecular flexibility index (Phi) is 5.69. The molecule has 2 N–H and O–H groups in total. The standard InChI is InChI=1S/C12H19N/c1-5-10(3)8-7-9-12(6-2)11(4)13/h6-10H,2,4-5,13H2,1,3H3/b8-7-,12-9+. The average molecular weight is 177 g/mol. The molecule has 0 aromatic rings. The monoisotopic (exact) mass is 177 g/mol. The highest BCUT2D eigenvalue weighted by molar-refractivity contribution is 5.37. The first-order valence-corrected chi connectivity index (χ1v) is 4.57. The Hall–Kier alpha value is -1.24. The maximum Gasteiger partial charge on any atom is 0.0314 e. The summed E-state index contributed by atoms with van der Waals surface area (Å²) in [6.45, 7) is 11.6. The Labute approximate surface area is 81.3 Å². The smallest absolute Gasteiger partial charge is 0.0314 e. The molecule has 0 saturated heterocycles. The molecule has 0 heterocycles. The molecule has 72 valence electrons. The minimum atomic E-state index is 0.559. The SMILES string of the molecule is C=C/C(=C\C=C/C(C)CC)C(=C)N. The Morgan fingerprint density at radius 1 is 1.54 bits per heavy atom. The first kappa shape index (κ1) is 11.8. The molecular formula is C12H19N. The fourth-order valence-corrected chi connectivity index (χ4v) is 0.791. The molecule has 0 bridgehead atoms. The molecule has 0 saturated carbocycles. The van der Waals surface area contributed by atoms with E-state index in [0.29, 0.717) is 11.6 Å². The number of hydrogen-bond donors (Lipinski definition) is 1. The van der Waals surface area contributed by atoms with Crippen molar-refractivity contribution in [2.75, 3.05) is 0 Å². The molecule has 0 rings (SSSR count). The van der Waals surface area contributed by atoms with E-state index in [1.165, 1.54) is 0 Å². The third-order valence-electron chi connectivity index (χ3n) is 1.95. The molecule has 0 aliphatic heterocycles. The Balaban J connectivity index is 4.30. The first-order valence-electron chi connectivity index (χ1n) is 4.57. The van der Waals surface area contributed by atoms with Gasteiger partial charge in [0, 0.05) is 5.70 Å². The van der Waals surface area contributed by atoms with Gasteiger partial charge in [0.2, 0.25) is 0 Å². The Bertz CT molecular complexity index is 234. The molecule has 0 fully saturated rings. The topological polar surface area (TPSA) is 26.0 Å². The highest BCUT2D eigenvalue weighted by Crippen LogP contribution is 2.05. The molecule has 0 radical (unpaired) electrons. The van der Waals surface area contributed by atoms with Crippen molar-refractivity contribution in [1.82, 2.24) is 0 Å². The van der Waals surface area contributed by atoms with Crippen LogP contribution in [0, 0.1) is 5.92 Å². The van der Waals surface area contributed by atoms with Gasteiger partial charge in [0.25, 0.3) is 0 Å². The van der Waals surface area contributed by atoms with Crippen LogP contribution in [-0.2, 0) is 0 Å². The van der Waals surface area contributed by atoms with Crippen molar-refractivity contribution in [3.63, 3.8) is 0 Å². The zero-order valence-corrected chi connectivity index (χ0v) is 8.59. The van der Waals surface area contributed by atoms with Crippen molar-refractivity contribution in [3.8, 4) is 0 Å². The summed E-state index contributed by atoms with van der Waals surface area (Å²) in [5.74, 6) is 0.605. The van der Waals surface area contributed by atoms with E-state index in [9.17, 15) is 0 Å². The molecule has 1 nitrogen and oxygen atoms in total. The molecule has 1 heteroatoms. The molecule has 1 unspecified atom stereocenters. The van der Waals surface area contributed by atoms with Gasteiger partial charge in [-0.15, -0.1) is 0 Å². The maximum absolute atomic E-state index is 5.53. The molecule has 1 atom stereocenters. The molecule has 0 aromatic heterocycles. The Morgan fingerprint density at radius 2 is 2.15 bits per heavy atom. The van der Waals surface area contributed by atoms with Gasteiger partial charge in [0.1, 0.15) is 0 Å². The normalized spacial score (nSPS) is 14.5. The van der Waals surface area contributed by atoms with Gasteiger partial charge in [-0.05, 0) is 11.5 Å². The largest absolute Gasteiger partial charge is 0.399 e. The lowest BCUT2D eigenvalue weighted by Gasteiger charge is -1.99. The summed E-state index contributed by atoms with van der Waals surface area (Å²) in [5.41, 5.74) is 6.98. The van der Waals surface area contributed by atoms with Crippen molar-refractivity contribution >= 4 is 0 Å². The molecule has 0 amide bonds. The van der Waals surface area contributed by atoms with Crippen LogP contribution >= 0.6 is 0 Å². The highest BCUT2D eigenvalue weighted by Gasteiger charge is 1.91. The summed E-state index contributed by atoms with van der Waals surface area (Å²) in [4.78, 5) is 0. The molecule has 0 aliphatic rings. The van der Waals surface area contributed by atoms with Crippen LogP contribution in [-0.4, -0.2) is 0 Å². The third-order valence-corrected chi connectivity index (χ3v) is 1.95. The van der Waals surface area contributed by atoms with Crippen LogP contribution in [0.1, 0.15) is 20.3 Å². The van der Waals surface area contributed by atoms with E-state index in [0.717, 1.165) is 12.0 Å². The second-order valence-corrected chi connectivity index (χ2v) is 3.12. The van der Waals surface area contributed by atoms with E-state index in [1.54, 1.807) is 6.08 Å². The molecule has 13 heavy (non-hydrogen) atoms. The summed E-state index contributed by atoms with van der Waals surface area (Å²) in [6.07, 6.45) is 8.94. The summed E-state index contributed by atoms with van der Waals surface area (Å²) in [6, 6.07) is 0. The lowest BCUT2D eigenvalue weighted by molar-refractivity contribution is 0.698. The maximum atomic E-state index is 5.53. The quantitative estimate of drug-likeness (QED) is 0.641. The van der Waals surface area contributed by atoms with Crippen LogP contribution < -0.4 is 5.73 Å². The lowest BCUT2D eigenvalue weighted by atomic mass is 10.1. The van der Waals surface area contributed by atoms with Crippen LogP contribution in [0.5, 0.6) is 0 Å². The zero-order chi connectivity index (χ0) is 10.3. The van der Waals surface area contributed by atoms with Crippen LogP contribution in [0.4, 0.5) is 0 Å². The second-order valence-electron chi connectivity index (χ2n) is 3.12. The fraction of sp³-hybridized carbons (Fsp3) is 0.333. The van der Waals surface area contributed by atoms with Gasteiger partial charge < -0.3 is 5.73 Å². The third kappa shape index (κ3) is 5.07. The average Bonchev–Trinajstić information content (AvgIpc) is 2.11. The number of rotatable bonds is 5. The van der Waals surface area contributed by atoms with Crippen molar-refractivity contribution < 1.29 is 0 Å². The van der Waals surface area contributed by atoms with Crippen LogP contribution in [0.25, 0.3) is 0 Å². The zero-order valence-electron chi connectivity index (χ0n) is 8.59. The summed E-state index contributed by atoms with van der Waals surface area (Å²) in [7, 11) is 0. The molecular weight excluding hydrogens is 158 g/mol. The number of allylic oxidation sites excluding steroid dienone is 4. The van der Waals surface area contributed by atoms with E-state index in [2.05, 4.69) is 33.1 Å². The van der Waals surface area contributed by atoms with Gasteiger partial charge in [0.05, 0.1) is 0 Å². The summed E-state index contributed by atoms with van der Waals surface area (Å²) in [5, 5.41) is 0. The highest BCUT2D eigenvalue weighted by atomic mass is 14.6. The molecule has 0 aliphatic carbocycles. The van der Waals surface area contributed by atoms with E-state index in [4.69, 9.17) is 5.73 Å². The lowest BCUT2D eigenvalue weighted by Crippen LogP contribution is -1.95. The van der Waals surface area contributed by atoms with Gasteiger partial charge in [0.15, 0.2) is 0 Å². The summed E-state index contributed by atoms with van der Waals surface area (Å²) < 4.78 is 0. The molecule has 0 spiro atoms. The fourth-order valence-electron chi connectivity index (χ4n) is 0.791. The number of hydrogen-bond acceptors (Lipinski definition) is 1. The van der Waals surface area contributed by atoms with Crippen molar-refractivity contribution in [3.05, 3.63) is 48.7 Å². The van der Waals surface area contributed by atoms with Crippen LogP contribution in [0.3, 0.4) is 0 Å². The molecule has 0 aromatic carbocycles. The van der Waals surface area contributed by atoms with E-state index in [-0.39, 0.29) is 0 Å². The van der Waals surface area contributed by atoms with Gasteiger partial charge in [-0.3, -0.25) is 0 Å². The van der Waals surface area contributed by atoms with Crippen LogP contribution in [0.2, 0.25) is 0 Å². The predicted molar refractivity (Wildman–Crippen MR) is 60.2 cm³/mol. The van der Waals surface area contributed by atoms with E-state index in [1.807, 2.05) is 12.2 Å². The first-order chi connectivity index (χ1) is 6.11. The minimum absolute atomic E-state index is 0.559. The van der Waals surface area contributed by atoms with E-state index >= 15 is 0 Å². The number of nitrogens with two attached hydrogens (primary N) is 1. The van der Waals surface area contributed by atoms with Crippen molar-refractivity contribution in [1.29, 1.82) is 0 Å².